The van der Waals surface area contributed by atoms with Gasteiger partial charge in [0.2, 0.25) is 0 Å². The highest BCUT2D eigenvalue weighted by Crippen LogP contribution is 1.13. The van der Waals surface area contributed by atoms with Crippen LogP contribution in [0, 0.1) is 17.2 Å². The Labute approximate surface area is 48.0 Å². The van der Waals surface area contributed by atoms with Gasteiger partial charge in [-0.2, -0.15) is 0 Å². The molecule has 0 aliphatic carbocycles. The topological polar surface area (TPSA) is 99.7 Å². The van der Waals surface area contributed by atoms with Crippen molar-refractivity contribution in [3.63, 3.8) is 0 Å². The molecule has 5 heteroatoms. The number of nitrogens with zero attached hydrogens (tertiary/aromatic N) is 1. The van der Waals surface area contributed by atoms with E-state index in [9.17, 15) is 0 Å². The van der Waals surface area contributed by atoms with Crippen molar-refractivity contribution < 1.29 is 0 Å². The number of guanidine groups is 1. The van der Waals surface area contributed by atoms with Crippen LogP contribution in [0.5, 0.6) is 0 Å². The van der Waals surface area contributed by atoms with Crippen LogP contribution in [0.2, 0.25) is 0 Å². The molecule has 0 unspecified atom stereocenters. The number of halogens is 1. The second-order valence-corrected chi connectivity index (χ2v) is 0.455. The minimum atomic E-state index is -0.333. The monoisotopic (exact) mass is 122 g/mol. The van der Waals surface area contributed by atoms with Crippen LogP contribution in [-0.4, -0.2) is 5.96 Å². The first-order valence-electron chi connectivity index (χ1n) is 1.09. The van der Waals surface area contributed by atoms with Gasteiger partial charge in [0.05, 0.1) is 0 Å². The quantitative estimate of drug-likeness (QED) is 0.296. The number of nitrogens with two attached hydrogens (primary N) is 2. The molecule has 0 aromatic carbocycles. The molecule has 4 nitrogen and oxygen atoms in total. The van der Waals surface area contributed by atoms with E-state index in [0.717, 1.165) is 0 Å². The standard InChI is InChI=1S/CH5N3.CHN.ClH/c2-1(3)4;1-2;/h(H5,2,3,4);1H;1H. The fourth-order valence-electron chi connectivity index (χ4n) is 0. The van der Waals surface area contributed by atoms with E-state index in [-0.39, 0.29) is 18.4 Å². The average molecular weight is 123 g/mol. The molecule has 0 atom stereocenters. The van der Waals surface area contributed by atoms with E-state index in [4.69, 9.17) is 10.7 Å². The van der Waals surface area contributed by atoms with Gasteiger partial charge in [0.25, 0.3) is 0 Å². The van der Waals surface area contributed by atoms with Crippen molar-refractivity contribution in [2.24, 2.45) is 11.5 Å². The third-order valence-electron chi connectivity index (χ3n) is 0. The molecular weight excluding hydrogens is 116 g/mol. The molecule has 0 fully saturated rings. The third kappa shape index (κ3) is 52.1. The molecule has 5 N–H and O–H groups in total. The highest BCUT2D eigenvalue weighted by atomic mass is 35.5. The first kappa shape index (κ1) is 16.6. The van der Waals surface area contributed by atoms with Crippen molar-refractivity contribution in [3.8, 4) is 6.57 Å². The molecule has 0 saturated heterocycles. The predicted octanol–water partition coefficient (Wildman–Crippen LogP) is -0.600. The Morgan fingerprint density at radius 1 is 1.43 bits per heavy atom. The largest absolute Gasteiger partial charge is 0.370 e. The maximum Gasteiger partial charge on any atom is 0.183 e. The fraction of sp³-hybridized carbons (Fsp3) is 0. The number of nitrogens with one attached hydrogen (secondary N) is 1. The molecule has 0 aromatic rings. The smallest absolute Gasteiger partial charge is 0.183 e. The summed E-state index contributed by atoms with van der Waals surface area (Å²) in [6.07, 6.45) is 0. The Kier molecular flexibility index (Phi) is 46.7. The van der Waals surface area contributed by atoms with Crippen LogP contribution < -0.4 is 11.5 Å². The van der Waals surface area contributed by atoms with Crippen LogP contribution in [0.3, 0.4) is 0 Å². The molecule has 0 heterocycles. The Morgan fingerprint density at radius 2 is 1.43 bits per heavy atom. The zero-order chi connectivity index (χ0) is 5.58. The molecule has 0 rings (SSSR count). The van der Waals surface area contributed by atoms with Crippen LogP contribution in [0.25, 0.3) is 0 Å². The molecule has 0 aromatic heterocycles. The van der Waals surface area contributed by atoms with Gasteiger partial charge in [0.15, 0.2) is 5.96 Å². The lowest BCUT2D eigenvalue weighted by atomic mass is 11.1. The summed E-state index contributed by atoms with van der Waals surface area (Å²) < 4.78 is 0. The number of rotatable bonds is 0. The number of hydrogen-bond donors (Lipinski definition) is 3. The van der Waals surface area contributed by atoms with E-state index in [1.165, 1.54) is 0 Å². The first-order valence-corrected chi connectivity index (χ1v) is 1.09. The summed E-state index contributed by atoms with van der Waals surface area (Å²) in [6, 6.07) is 0. The van der Waals surface area contributed by atoms with Crippen molar-refractivity contribution >= 4 is 18.4 Å². The second-order valence-electron chi connectivity index (χ2n) is 0.455. The van der Waals surface area contributed by atoms with Crippen LogP contribution in [0.15, 0.2) is 0 Å². The van der Waals surface area contributed by atoms with Crippen molar-refractivity contribution in [2.75, 3.05) is 0 Å². The molecule has 0 aliphatic heterocycles. The molecule has 7 heavy (non-hydrogen) atoms. The summed E-state index contributed by atoms with van der Waals surface area (Å²) in [4.78, 5) is 0. The molecule has 0 amide bonds. The van der Waals surface area contributed by atoms with Gasteiger partial charge >= 0.3 is 0 Å². The van der Waals surface area contributed by atoms with Gasteiger partial charge in [-0.25, -0.2) is 5.26 Å². The maximum atomic E-state index is 6.50. The zero-order valence-corrected chi connectivity index (χ0v) is 4.40. The first-order chi connectivity index (χ1) is 2.73. The van der Waals surface area contributed by atoms with Crippen LogP contribution >= 0.6 is 12.4 Å². The Hall–Kier alpha value is -0.950. The van der Waals surface area contributed by atoms with E-state index in [2.05, 4.69) is 18.0 Å². The molecule has 0 saturated carbocycles. The lowest BCUT2D eigenvalue weighted by Crippen LogP contribution is -2.20. The summed E-state index contributed by atoms with van der Waals surface area (Å²) in [7, 11) is 0. The average Bonchev–Trinajstić information content (AvgIpc) is 1.41. The lowest BCUT2D eigenvalue weighted by molar-refractivity contribution is 1.39. The summed E-state index contributed by atoms with van der Waals surface area (Å²) in [5.74, 6) is -0.333. The van der Waals surface area contributed by atoms with Gasteiger partial charge in [0.1, 0.15) is 0 Å². The van der Waals surface area contributed by atoms with Crippen molar-refractivity contribution in [2.45, 2.75) is 0 Å². The van der Waals surface area contributed by atoms with Gasteiger partial charge in [0, 0.05) is 6.57 Å². The SMILES string of the molecule is C#N.Cl.N=C(N)N. The Morgan fingerprint density at radius 3 is 1.43 bits per heavy atom. The molecule has 0 aliphatic rings. The minimum Gasteiger partial charge on any atom is -0.370 e. The maximum absolute atomic E-state index is 6.50. The number of hydrogen-bond acceptors (Lipinski definition) is 2. The lowest BCUT2D eigenvalue weighted by Gasteiger charge is -1.69. The van der Waals surface area contributed by atoms with Gasteiger partial charge in [-0.15, -0.1) is 12.4 Å². The summed E-state index contributed by atoms with van der Waals surface area (Å²) in [5, 5.41) is 12.6. The third-order valence-corrected chi connectivity index (χ3v) is 0. The van der Waals surface area contributed by atoms with E-state index in [1.54, 1.807) is 0 Å². The van der Waals surface area contributed by atoms with Crippen molar-refractivity contribution in [1.82, 2.24) is 0 Å². The van der Waals surface area contributed by atoms with E-state index in [0.29, 0.717) is 0 Å². The summed E-state index contributed by atoms with van der Waals surface area (Å²) in [5.41, 5.74) is 8.94. The number of nitriles is 1. The Bertz CT molecular complexity index is 54.0. The molecule has 0 spiro atoms. The molecular formula is C2H7ClN4. The van der Waals surface area contributed by atoms with Crippen LogP contribution in [0.1, 0.15) is 0 Å². The van der Waals surface area contributed by atoms with Gasteiger partial charge in [-0.05, 0) is 0 Å². The van der Waals surface area contributed by atoms with Crippen molar-refractivity contribution in [3.05, 3.63) is 0 Å². The van der Waals surface area contributed by atoms with Gasteiger partial charge in [-0.3, -0.25) is 5.41 Å². The molecule has 0 bridgehead atoms. The molecule has 42 valence electrons. The minimum absolute atomic E-state index is 0. The van der Waals surface area contributed by atoms with Crippen LogP contribution in [0.4, 0.5) is 0 Å². The predicted molar refractivity (Wildman–Crippen MR) is 30.0 cm³/mol. The molecule has 0 radical (unpaired) electrons. The highest BCUT2D eigenvalue weighted by Gasteiger charge is 1.52. The summed E-state index contributed by atoms with van der Waals surface area (Å²) in [6.45, 7) is 3.50. The van der Waals surface area contributed by atoms with E-state index in [1.807, 2.05) is 0 Å². The van der Waals surface area contributed by atoms with Crippen molar-refractivity contribution in [1.29, 1.82) is 10.7 Å². The zero-order valence-electron chi connectivity index (χ0n) is 3.59. The normalized spacial score (nSPS) is 3.71. The van der Waals surface area contributed by atoms with Gasteiger partial charge in [-0.1, -0.05) is 0 Å². The highest BCUT2D eigenvalue weighted by molar-refractivity contribution is 5.85. The second kappa shape index (κ2) is 19.7. The van der Waals surface area contributed by atoms with Gasteiger partial charge < -0.3 is 11.5 Å². The van der Waals surface area contributed by atoms with E-state index >= 15 is 0 Å². The Balaban J connectivity index is -0.0000000480. The van der Waals surface area contributed by atoms with Crippen LogP contribution in [-0.2, 0) is 0 Å². The summed E-state index contributed by atoms with van der Waals surface area (Å²) >= 11 is 0. The van der Waals surface area contributed by atoms with E-state index < -0.39 is 0 Å². The fourth-order valence-corrected chi connectivity index (χ4v) is 0.